The second kappa shape index (κ2) is 8.74. The van der Waals surface area contributed by atoms with Gasteiger partial charge in [-0.15, -0.1) is 0 Å². The van der Waals surface area contributed by atoms with E-state index in [0.717, 1.165) is 25.9 Å². The third-order valence-corrected chi connectivity index (χ3v) is 3.10. The van der Waals surface area contributed by atoms with Crippen molar-refractivity contribution < 1.29 is 9.53 Å². The van der Waals surface area contributed by atoms with Crippen LogP contribution < -0.4 is 0 Å². The van der Waals surface area contributed by atoms with E-state index in [2.05, 4.69) is 20.8 Å². The first-order valence-electron chi connectivity index (χ1n) is 6.70. The fourth-order valence-corrected chi connectivity index (χ4v) is 2.15. The fourth-order valence-electron chi connectivity index (χ4n) is 2.15. The minimum atomic E-state index is 0.174. The molecule has 2 atom stereocenters. The Morgan fingerprint density at radius 2 is 1.81 bits per heavy atom. The van der Waals surface area contributed by atoms with Gasteiger partial charge in [0.15, 0.2) is 0 Å². The summed E-state index contributed by atoms with van der Waals surface area (Å²) in [7, 11) is 0. The smallest absolute Gasteiger partial charge is 0.136 e. The summed E-state index contributed by atoms with van der Waals surface area (Å²) >= 11 is 0. The van der Waals surface area contributed by atoms with E-state index in [-0.39, 0.29) is 12.0 Å². The van der Waals surface area contributed by atoms with Crippen LogP contribution in [-0.4, -0.2) is 18.5 Å². The Bertz CT molecular complexity index is 181. The molecule has 16 heavy (non-hydrogen) atoms. The highest BCUT2D eigenvalue weighted by Gasteiger charge is 2.24. The number of hydrogen-bond acceptors (Lipinski definition) is 2. The number of carbonyl (C=O) groups is 1. The molecule has 0 saturated carbocycles. The Labute approximate surface area is 101 Å². The molecule has 0 radical (unpaired) electrons. The van der Waals surface area contributed by atoms with Crippen LogP contribution in [0.25, 0.3) is 0 Å². The first-order chi connectivity index (χ1) is 7.56. The third kappa shape index (κ3) is 5.64. The molecule has 0 bridgehead atoms. The second-order valence-electron chi connectivity index (χ2n) is 4.77. The molecule has 0 spiro atoms. The monoisotopic (exact) mass is 228 g/mol. The highest BCUT2D eigenvalue weighted by Crippen LogP contribution is 2.23. The molecule has 0 fully saturated rings. The molecule has 0 rings (SSSR count). The van der Waals surface area contributed by atoms with Gasteiger partial charge in [0, 0.05) is 18.9 Å². The SMILES string of the molecule is CCCC(C[C@H](C(=O)CC)C(C)C)OCC. The Balaban J connectivity index is 4.38. The van der Waals surface area contributed by atoms with Gasteiger partial charge in [-0.1, -0.05) is 34.1 Å². The molecule has 0 aliphatic carbocycles. The number of Topliss-reactive ketones (excluding diaryl/α,β-unsaturated/α-hetero) is 1. The van der Waals surface area contributed by atoms with Gasteiger partial charge in [0.25, 0.3) is 0 Å². The summed E-state index contributed by atoms with van der Waals surface area (Å²) in [6, 6.07) is 0. The predicted molar refractivity (Wildman–Crippen MR) is 68.6 cm³/mol. The predicted octanol–water partition coefficient (Wildman–Crippen LogP) is 3.83. The van der Waals surface area contributed by atoms with Crippen molar-refractivity contribution in [1.29, 1.82) is 0 Å². The Morgan fingerprint density at radius 1 is 1.19 bits per heavy atom. The second-order valence-corrected chi connectivity index (χ2v) is 4.77. The number of carbonyl (C=O) groups excluding carboxylic acids is 1. The summed E-state index contributed by atoms with van der Waals surface area (Å²) in [4.78, 5) is 11.8. The van der Waals surface area contributed by atoms with Crippen LogP contribution in [0.15, 0.2) is 0 Å². The van der Waals surface area contributed by atoms with Crippen molar-refractivity contribution in [2.75, 3.05) is 6.61 Å². The molecule has 0 heterocycles. The van der Waals surface area contributed by atoms with E-state index in [0.29, 0.717) is 18.1 Å². The summed E-state index contributed by atoms with van der Waals surface area (Å²) in [5.74, 6) is 0.983. The van der Waals surface area contributed by atoms with Crippen molar-refractivity contribution >= 4 is 5.78 Å². The number of ketones is 1. The van der Waals surface area contributed by atoms with E-state index in [9.17, 15) is 4.79 Å². The largest absolute Gasteiger partial charge is 0.378 e. The maximum atomic E-state index is 11.8. The van der Waals surface area contributed by atoms with Crippen LogP contribution in [0.4, 0.5) is 0 Å². The van der Waals surface area contributed by atoms with Gasteiger partial charge in [0.2, 0.25) is 0 Å². The van der Waals surface area contributed by atoms with E-state index < -0.39 is 0 Å². The van der Waals surface area contributed by atoms with Crippen molar-refractivity contribution in [3.63, 3.8) is 0 Å². The lowest BCUT2D eigenvalue weighted by atomic mass is 9.84. The van der Waals surface area contributed by atoms with Crippen LogP contribution in [0.1, 0.15) is 60.3 Å². The van der Waals surface area contributed by atoms with Gasteiger partial charge in [0.05, 0.1) is 6.10 Å². The zero-order valence-corrected chi connectivity index (χ0v) is 11.6. The molecule has 0 amide bonds. The van der Waals surface area contributed by atoms with Gasteiger partial charge in [-0.2, -0.15) is 0 Å². The maximum absolute atomic E-state index is 11.8. The highest BCUT2D eigenvalue weighted by molar-refractivity contribution is 5.80. The molecule has 0 aliphatic rings. The molecule has 0 aromatic carbocycles. The standard InChI is InChI=1S/C14H28O2/c1-6-9-12(16-8-3)10-13(11(4)5)14(15)7-2/h11-13H,6-10H2,1-5H3/t12?,13-/m0/s1. The molecule has 96 valence electrons. The lowest BCUT2D eigenvalue weighted by Gasteiger charge is -2.25. The van der Waals surface area contributed by atoms with E-state index in [1.165, 1.54) is 0 Å². The van der Waals surface area contributed by atoms with Crippen LogP contribution >= 0.6 is 0 Å². The van der Waals surface area contributed by atoms with Crippen molar-refractivity contribution in [2.45, 2.75) is 66.4 Å². The lowest BCUT2D eigenvalue weighted by Crippen LogP contribution is -2.26. The summed E-state index contributed by atoms with van der Waals surface area (Å²) in [5, 5.41) is 0. The molecule has 1 unspecified atom stereocenters. The van der Waals surface area contributed by atoms with Gasteiger partial charge < -0.3 is 4.74 Å². The van der Waals surface area contributed by atoms with Gasteiger partial charge in [0.1, 0.15) is 5.78 Å². The molecule has 0 aliphatic heterocycles. The Hall–Kier alpha value is -0.370. The van der Waals surface area contributed by atoms with Gasteiger partial charge >= 0.3 is 0 Å². The van der Waals surface area contributed by atoms with Gasteiger partial charge in [-0.3, -0.25) is 4.79 Å². The van der Waals surface area contributed by atoms with Crippen LogP contribution in [0.2, 0.25) is 0 Å². The van der Waals surface area contributed by atoms with Crippen molar-refractivity contribution in [3.8, 4) is 0 Å². The number of hydrogen-bond donors (Lipinski definition) is 0. The third-order valence-electron chi connectivity index (χ3n) is 3.10. The Morgan fingerprint density at radius 3 is 2.19 bits per heavy atom. The normalized spacial score (nSPS) is 15.1. The molecule has 0 aromatic rings. The topological polar surface area (TPSA) is 26.3 Å². The molecular formula is C14H28O2. The maximum Gasteiger partial charge on any atom is 0.136 e. The zero-order chi connectivity index (χ0) is 12.6. The average molecular weight is 228 g/mol. The lowest BCUT2D eigenvalue weighted by molar-refractivity contribution is -0.125. The minimum Gasteiger partial charge on any atom is -0.378 e. The molecule has 0 aromatic heterocycles. The van der Waals surface area contributed by atoms with Crippen molar-refractivity contribution in [2.24, 2.45) is 11.8 Å². The fraction of sp³-hybridized carbons (Fsp3) is 0.929. The van der Waals surface area contributed by atoms with Crippen LogP contribution in [0, 0.1) is 11.8 Å². The van der Waals surface area contributed by atoms with Crippen LogP contribution in [-0.2, 0) is 9.53 Å². The van der Waals surface area contributed by atoms with Crippen LogP contribution in [0.3, 0.4) is 0 Å². The summed E-state index contributed by atoms with van der Waals surface area (Å²) in [6.45, 7) is 11.1. The van der Waals surface area contributed by atoms with E-state index in [1.54, 1.807) is 0 Å². The molecule has 2 heteroatoms. The summed E-state index contributed by atoms with van der Waals surface area (Å²) in [6.07, 6.45) is 3.99. The summed E-state index contributed by atoms with van der Waals surface area (Å²) in [5.41, 5.74) is 0. The average Bonchev–Trinajstić information content (AvgIpc) is 2.24. The molecule has 0 saturated heterocycles. The molecular weight excluding hydrogens is 200 g/mol. The molecule has 2 nitrogen and oxygen atoms in total. The Kier molecular flexibility index (Phi) is 8.54. The quantitative estimate of drug-likeness (QED) is 0.599. The van der Waals surface area contributed by atoms with Crippen molar-refractivity contribution in [1.82, 2.24) is 0 Å². The van der Waals surface area contributed by atoms with Crippen LogP contribution in [0.5, 0.6) is 0 Å². The van der Waals surface area contributed by atoms with E-state index >= 15 is 0 Å². The first-order valence-corrected chi connectivity index (χ1v) is 6.70. The first kappa shape index (κ1) is 15.6. The van der Waals surface area contributed by atoms with E-state index in [1.807, 2.05) is 13.8 Å². The molecule has 0 N–H and O–H groups in total. The minimum absolute atomic E-state index is 0.174. The summed E-state index contributed by atoms with van der Waals surface area (Å²) < 4.78 is 5.71. The van der Waals surface area contributed by atoms with E-state index in [4.69, 9.17) is 4.74 Å². The number of ether oxygens (including phenoxy) is 1. The highest BCUT2D eigenvalue weighted by atomic mass is 16.5. The van der Waals surface area contributed by atoms with Crippen molar-refractivity contribution in [3.05, 3.63) is 0 Å². The van der Waals surface area contributed by atoms with Gasteiger partial charge in [-0.25, -0.2) is 0 Å². The van der Waals surface area contributed by atoms with Gasteiger partial charge in [-0.05, 0) is 25.7 Å². The number of rotatable bonds is 9. The zero-order valence-electron chi connectivity index (χ0n) is 11.6.